The highest BCUT2D eigenvalue weighted by Gasteiger charge is 2.21. The van der Waals surface area contributed by atoms with Crippen LogP contribution >= 0.6 is 12.2 Å². The Balaban J connectivity index is 2.09. The highest BCUT2D eigenvalue weighted by molar-refractivity contribution is 7.80. The Bertz CT molecular complexity index is 471. The number of quaternary nitrogens is 1. The topological polar surface area (TPSA) is 26.1 Å². The number of piperazine rings is 1. The average molecular weight is 295 g/mol. The monoisotopic (exact) mass is 295 g/mol. The summed E-state index contributed by atoms with van der Waals surface area (Å²) in [7, 11) is 3.29. The van der Waals surface area contributed by atoms with E-state index in [4.69, 9.17) is 21.7 Å². The molecule has 0 radical (unpaired) electrons. The summed E-state index contributed by atoms with van der Waals surface area (Å²) in [5, 5.41) is 0. The van der Waals surface area contributed by atoms with Crippen LogP contribution in [-0.2, 0) is 0 Å². The van der Waals surface area contributed by atoms with Gasteiger partial charge >= 0.3 is 0 Å². The number of benzene rings is 1. The standard InChI is InChI=1S/C15H22N2O2S/c1-4-16-7-9-17(10-8-16)15(20)12-5-6-13(18-2)14(11-12)19-3/h5-6,11H,4,7-10H2,1-3H3/p+1. The average Bonchev–Trinajstić information content (AvgIpc) is 2.53. The fourth-order valence-corrected chi connectivity index (χ4v) is 2.84. The Kier molecular flexibility index (Phi) is 5.20. The summed E-state index contributed by atoms with van der Waals surface area (Å²) < 4.78 is 10.6. The van der Waals surface area contributed by atoms with Crippen molar-refractivity contribution < 1.29 is 14.4 Å². The minimum Gasteiger partial charge on any atom is -0.493 e. The minimum atomic E-state index is 0.727. The Morgan fingerprint density at radius 3 is 2.40 bits per heavy atom. The first-order chi connectivity index (χ1) is 9.69. The lowest BCUT2D eigenvalue weighted by Gasteiger charge is -2.33. The zero-order valence-corrected chi connectivity index (χ0v) is 13.3. The number of hydrogen-bond donors (Lipinski definition) is 1. The van der Waals surface area contributed by atoms with Crippen molar-refractivity contribution in [2.24, 2.45) is 0 Å². The summed E-state index contributed by atoms with van der Waals surface area (Å²) in [6, 6.07) is 5.87. The van der Waals surface area contributed by atoms with Gasteiger partial charge in [0.15, 0.2) is 11.5 Å². The second kappa shape index (κ2) is 6.90. The Labute approximate surface area is 126 Å². The molecule has 1 N–H and O–H groups in total. The zero-order valence-electron chi connectivity index (χ0n) is 12.4. The van der Waals surface area contributed by atoms with Gasteiger partial charge < -0.3 is 19.3 Å². The fraction of sp³-hybridized carbons (Fsp3) is 0.533. The summed E-state index contributed by atoms with van der Waals surface area (Å²) in [4.78, 5) is 4.84. The van der Waals surface area contributed by atoms with E-state index in [2.05, 4.69) is 11.8 Å². The highest BCUT2D eigenvalue weighted by Crippen LogP contribution is 2.28. The van der Waals surface area contributed by atoms with E-state index in [0.29, 0.717) is 0 Å². The molecule has 0 unspecified atom stereocenters. The molecule has 1 heterocycles. The number of methoxy groups -OCH3 is 2. The van der Waals surface area contributed by atoms with Gasteiger partial charge in [0.05, 0.1) is 46.9 Å². The van der Waals surface area contributed by atoms with Crippen LogP contribution in [0.25, 0.3) is 0 Å². The predicted octanol–water partition coefficient (Wildman–Crippen LogP) is 0.600. The second-order valence-electron chi connectivity index (χ2n) is 4.97. The molecule has 1 aromatic rings. The molecule has 5 heteroatoms. The van der Waals surface area contributed by atoms with Gasteiger partial charge in [0.1, 0.15) is 4.99 Å². The lowest BCUT2D eigenvalue weighted by molar-refractivity contribution is -0.902. The quantitative estimate of drug-likeness (QED) is 0.823. The van der Waals surface area contributed by atoms with Crippen molar-refractivity contribution in [3.8, 4) is 11.5 Å². The summed E-state index contributed by atoms with van der Waals surface area (Å²) in [6.07, 6.45) is 0. The molecule has 1 saturated heterocycles. The molecule has 0 spiro atoms. The van der Waals surface area contributed by atoms with Crippen LogP contribution in [0.4, 0.5) is 0 Å². The van der Waals surface area contributed by atoms with Gasteiger partial charge in [0, 0.05) is 5.56 Å². The highest BCUT2D eigenvalue weighted by atomic mass is 32.1. The summed E-state index contributed by atoms with van der Waals surface area (Å²) >= 11 is 5.62. The van der Waals surface area contributed by atoms with Crippen LogP contribution < -0.4 is 14.4 Å². The largest absolute Gasteiger partial charge is 0.493 e. The van der Waals surface area contributed by atoms with Crippen LogP contribution in [0, 0.1) is 0 Å². The van der Waals surface area contributed by atoms with Crippen LogP contribution in [0.3, 0.4) is 0 Å². The van der Waals surface area contributed by atoms with E-state index in [1.807, 2.05) is 18.2 Å². The molecule has 110 valence electrons. The van der Waals surface area contributed by atoms with Crippen molar-refractivity contribution in [3.63, 3.8) is 0 Å². The Hall–Kier alpha value is -1.33. The summed E-state index contributed by atoms with van der Waals surface area (Å²) in [5.74, 6) is 1.46. The lowest BCUT2D eigenvalue weighted by Crippen LogP contribution is -3.14. The molecule has 0 amide bonds. The maximum atomic E-state index is 5.62. The molecule has 0 saturated carbocycles. The van der Waals surface area contributed by atoms with Gasteiger partial charge in [-0.1, -0.05) is 12.2 Å². The van der Waals surface area contributed by atoms with Crippen molar-refractivity contribution in [2.75, 3.05) is 46.9 Å². The van der Waals surface area contributed by atoms with Gasteiger partial charge in [0.2, 0.25) is 0 Å². The number of likely N-dealkylation sites (N-methyl/N-ethyl adjacent to an activating group) is 1. The third-order valence-corrected chi connectivity index (χ3v) is 4.38. The smallest absolute Gasteiger partial charge is 0.161 e. The first-order valence-corrected chi connectivity index (χ1v) is 7.45. The SMILES string of the molecule is CC[NH+]1CCN(C(=S)c2ccc(OC)c(OC)c2)CC1. The van der Waals surface area contributed by atoms with Crippen LogP contribution in [0.15, 0.2) is 18.2 Å². The number of thiocarbonyl (C=S) groups is 1. The predicted molar refractivity (Wildman–Crippen MR) is 84.1 cm³/mol. The maximum Gasteiger partial charge on any atom is 0.161 e. The molecule has 1 aliphatic rings. The van der Waals surface area contributed by atoms with Crippen LogP contribution in [0.2, 0.25) is 0 Å². The van der Waals surface area contributed by atoms with E-state index in [0.717, 1.165) is 48.2 Å². The van der Waals surface area contributed by atoms with Crippen molar-refractivity contribution in [2.45, 2.75) is 6.92 Å². The van der Waals surface area contributed by atoms with Crippen molar-refractivity contribution in [1.29, 1.82) is 0 Å². The van der Waals surface area contributed by atoms with Crippen molar-refractivity contribution in [3.05, 3.63) is 23.8 Å². The van der Waals surface area contributed by atoms with E-state index < -0.39 is 0 Å². The van der Waals surface area contributed by atoms with Crippen LogP contribution in [-0.4, -0.2) is 56.8 Å². The molecule has 4 nitrogen and oxygen atoms in total. The number of hydrogen-bond acceptors (Lipinski definition) is 3. The van der Waals surface area contributed by atoms with E-state index in [9.17, 15) is 0 Å². The minimum absolute atomic E-state index is 0.727. The van der Waals surface area contributed by atoms with Gasteiger partial charge in [-0.2, -0.15) is 0 Å². The number of rotatable bonds is 4. The molecule has 1 aromatic carbocycles. The molecule has 1 fully saturated rings. The Morgan fingerprint density at radius 1 is 1.20 bits per heavy atom. The summed E-state index contributed by atoms with van der Waals surface area (Å²) in [5.41, 5.74) is 1.03. The van der Waals surface area contributed by atoms with Crippen LogP contribution in [0.1, 0.15) is 12.5 Å². The third-order valence-electron chi connectivity index (χ3n) is 3.89. The normalized spacial score (nSPS) is 16.1. The molecule has 2 rings (SSSR count). The molecule has 0 aromatic heterocycles. The molecule has 0 bridgehead atoms. The first kappa shape index (κ1) is 15.1. The van der Waals surface area contributed by atoms with Crippen molar-refractivity contribution in [1.82, 2.24) is 4.90 Å². The molecule has 20 heavy (non-hydrogen) atoms. The van der Waals surface area contributed by atoms with Gasteiger partial charge in [-0.05, 0) is 25.1 Å². The van der Waals surface area contributed by atoms with Gasteiger partial charge in [-0.3, -0.25) is 0 Å². The number of nitrogens with zero attached hydrogens (tertiary/aromatic N) is 1. The van der Waals surface area contributed by atoms with E-state index in [1.54, 1.807) is 19.1 Å². The Morgan fingerprint density at radius 2 is 1.85 bits per heavy atom. The lowest BCUT2D eigenvalue weighted by atomic mass is 10.1. The van der Waals surface area contributed by atoms with E-state index in [-0.39, 0.29) is 0 Å². The van der Waals surface area contributed by atoms with E-state index >= 15 is 0 Å². The second-order valence-corrected chi connectivity index (χ2v) is 5.35. The number of ether oxygens (including phenoxy) is 2. The van der Waals surface area contributed by atoms with Crippen LogP contribution in [0.5, 0.6) is 11.5 Å². The van der Waals surface area contributed by atoms with Gasteiger partial charge in [-0.15, -0.1) is 0 Å². The fourth-order valence-electron chi connectivity index (χ4n) is 2.53. The number of nitrogens with one attached hydrogen (secondary N) is 1. The molecule has 0 atom stereocenters. The molecular weight excluding hydrogens is 272 g/mol. The molecule has 1 aliphatic heterocycles. The molecular formula is C15H23N2O2S+. The summed E-state index contributed by atoms with van der Waals surface area (Å²) in [6.45, 7) is 7.79. The first-order valence-electron chi connectivity index (χ1n) is 7.04. The van der Waals surface area contributed by atoms with Gasteiger partial charge in [0.25, 0.3) is 0 Å². The maximum absolute atomic E-state index is 5.62. The zero-order chi connectivity index (χ0) is 14.5. The third kappa shape index (κ3) is 3.22. The molecule has 0 aliphatic carbocycles. The van der Waals surface area contributed by atoms with E-state index in [1.165, 1.54) is 6.54 Å². The van der Waals surface area contributed by atoms with Gasteiger partial charge in [-0.25, -0.2) is 0 Å². The van der Waals surface area contributed by atoms with Crippen molar-refractivity contribution >= 4 is 17.2 Å².